The first-order valence-corrected chi connectivity index (χ1v) is 5.88. The van der Waals surface area contributed by atoms with Crippen molar-refractivity contribution in [3.05, 3.63) is 0 Å². The first kappa shape index (κ1) is 13.9. The summed E-state index contributed by atoms with van der Waals surface area (Å²) >= 11 is 0. The van der Waals surface area contributed by atoms with Gasteiger partial charge in [0.1, 0.15) is 0 Å². The lowest BCUT2D eigenvalue weighted by Gasteiger charge is -2.21. The van der Waals surface area contributed by atoms with Crippen LogP contribution in [0, 0.1) is 0 Å². The number of methoxy groups -OCH3 is 1. The molecule has 1 aliphatic heterocycles. The first-order chi connectivity index (χ1) is 7.61. The fraction of sp³-hybridized carbons (Fsp3) is 1.00. The summed E-state index contributed by atoms with van der Waals surface area (Å²) in [5, 5.41) is 9.76. The van der Waals surface area contributed by atoms with Crippen LogP contribution in [0.1, 0.15) is 13.3 Å². The summed E-state index contributed by atoms with van der Waals surface area (Å²) in [5.74, 6) is 0. The molecule has 1 rings (SSSR count). The third-order valence-corrected chi connectivity index (χ3v) is 2.75. The van der Waals surface area contributed by atoms with Gasteiger partial charge in [-0.1, -0.05) is 0 Å². The van der Waals surface area contributed by atoms with Crippen molar-refractivity contribution in [1.82, 2.24) is 4.90 Å². The van der Waals surface area contributed by atoms with Crippen LogP contribution in [0.15, 0.2) is 0 Å². The van der Waals surface area contributed by atoms with Gasteiger partial charge >= 0.3 is 0 Å². The minimum atomic E-state index is -0.440. The van der Waals surface area contributed by atoms with E-state index in [1.54, 1.807) is 7.11 Å². The fourth-order valence-electron chi connectivity index (χ4n) is 1.94. The second kappa shape index (κ2) is 7.19. The van der Waals surface area contributed by atoms with Gasteiger partial charge in [0.05, 0.1) is 25.4 Å². The third-order valence-electron chi connectivity index (χ3n) is 2.75. The molecule has 0 aromatic rings. The number of hydrogen-bond donors (Lipinski definition) is 2. The molecule has 5 nitrogen and oxygen atoms in total. The van der Waals surface area contributed by atoms with Gasteiger partial charge in [-0.25, -0.2) is 0 Å². The average Bonchev–Trinajstić information content (AvgIpc) is 2.61. The summed E-state index contributed by atoms with van der Waals surface area (Å²) in [6.45, 7) is 5.35. The second-order valence-electron chi connectivity index (χ2n) is 4.56. The number of aliphatic hydroxyl groups is 1. The van der Waals surface area contributed by atoms with E-state index in [-0.39, 0.29) is 12.1 Å². The molecule has 2 unspecified atom stereocenters. The predicted molar refractivity (Wildman–Crippen MR) is 62.3 cm³/mol. The maximum absolute atomic E-state index is 9.76. The van der Waals surface area contributed by atoms with Crippen LogP contribution in [0.4, 0.5) is 0 Å². The topological polar surface area (TPSA) is 68.0 Å². The number of nitrogens with two attached hydrogens (primary N) is 1. The standard InChI is InChI=1S/C11H24N2O3/c1-9(7-15-2)16-8-11(14)6-13-4-3-10(12)5-13/h9-11,14H,3-8,12H2,1-2H3/t9?,10-,11?/m1/s1. The summed E-state index contributed by atoms with van der Waals surface area (Å²) in [6, 6.07) is 0.264. The van der Waals surface area contributed by atoms with Crippen LogP contribution in [0.5, 0.6) is 0 Å². The minimum Gasteiger partial charge on any atom is -0.389 e. The summed E-state index contributed by atoms with van der Waals surface area (Å²) in [7, 11) is 1.64. The Balaban J connectivity index is 2.08. The SMILES string of the molecule is COCC(C)OCC(O)CN1CC[C@@H](N)C1. The van der Waals surface area contributed by atoms with Crippen molar-refractivity contribution in [2.75, 3.05) is 40.0 Å². The molecule has 5 heteroatoms. The first-order valence-electron chi connectivity index (χ1n) is 5.88. The number of aliphatic hydroxyl groups excluding tert-OH is 1. The van der Waals surface area contributed by atoms with Crippen molar-refractivity contribution < 1.29 is 14.6 Å². The van der Waals surface area contributed by atoms with Gasteiger partial charge in [-0.2, -0.15) is 0 Å². The van der Waals surface area contributed by atoms with Crippen molar-refractivity contribution in [3.8, 4) is 0 Å². The largest absolute Gasteiger partial charge is 0.389 e. The molecule has 96 valence electrons. The Labute approximate surface area is 97.5 Å². The van der Waals surface area contributed by atoms with Gasteiger partial charge in [0.2, 0.25) is 0 Å². The number of hydrogen-bond acceptors (Lipinski definition) is 5. The van der Waals surface area contributed by atoms with Gasteiger partial charge in [0.25, 0.3) is 0 Å². The molecule has 0 aliphatic carbocycles. The lowest BCUT2D eigenvalue weighted by molar-refractivity contribution is -0.0382. The highest BCUT2D eigenvalue weighted by Crippen LogP contribution is 2.07. The molecule has 0 amide bonds. The lowest BCUT2D eigenvalue weighted by atomic mass is 10.3. The number of ether oxygens (including phenoxy) is 2. The van der Waals surface area contributed by atoms with Gasteiger partial charge in [0, 0.05) is 26.2 Å². The fourth-order valence-corrected chi connectivity index (χ4v) is 1.94. The van der Waals surface area contributed by atoms with Gasteiger partial charge < -0.3 is 20.3 Å². The molecule has 3 atom stereocenters. The van der Waals surface area contributed by atoms with Crippen LogP contribution in [0.3, 0.4) is 0 Å². The Morgan fingerprint density at radius 3 is 2.81 bits per heavy atom. The van der Waals surface area contributed by atoms with Crippen LogP contribution in [0.25, 0.3) is 0 Å². The molecule has 16 heavy (non-hydrogen) atoms. The summed E-state index contributed by atoms with van der Waals surface area (Å²) in [6.07, 6.45) is 0.610. The molecule has 1 heterocycles. The zero-order valence-electron chi connectivity index (χ0n) is 10.3. The van der Waals surface area contributed by atoms with Crippen LogP contribution in [-0.4, -0.2) is 68.2 Å². The minimum absolute atomic E-state index is 0.0282. The van der Waals surface area contributed by atoms with E-state index in [9.17, 15) is 5.11 Å². The molecular weight excluding hydrogens is 208 g/mol. The molecule has 0 aromatic carbocycles. The van der Waals surface area contributed by atoms with Gasteiger partial charge in [-0.05, 0) is 19.9 Å². The van der Waals surface area contributed by atoms with Crippen molar-refractivity contribution in [1.29, 1.82) is 0 Å². The van der Waals surface area contributed by atoms with E-state index in [0.717, 1.165) is 19.5 Å². The smallest absolute Gasteiger partial charge is 0.0900 e. The summed E-state index contributed by atoms with van der Waals surface area (Å²) in [4.78, 5) is 2.18. The molecule has 0 saturated carbocycles. The van der Waals surface area contributed by atoms with E-state index in [1.807, 2.05) is 6.92 Å². The zero-order valence-corrected chi connectivity index (χ0v) is 10.3. The normalized spacial score (nSPS) is 25.9. The van der Waals surface area contributed by atoms with E-state index in [2.05, 4.69) is 4.90 Å². The molecule has 3 N–H and O–H groups in total. The van der Waals surface area contributed by atoms with Crippen LogP contribution >= 0.6 is 0 Å². The van der Waals surface area contributed by atoms with E-state index in [1.165, 1.54) is 0 Å². The van der Waals surface area contributed by atoms with Crippen LogP contribution < -0.4 is 5.73 Å². The van der Waals surface area contributed by atoms with Crippen LogP contribution in [-0.2, 0) is 9.47 Å². The number of β-amino-alcohol motifs (C(OH)–C–C–N with tert-alkyl or cyclic N) is 1. The second-order valence-corrected chi connectivity index (χ2v) is 4.56. The maximum Gasteiger partial charge on any atom is 0.0900 e. The number of rotatable bonds is 7. The van der Waals surface area contributed by atoms with E-state index in [0.29, 0.717) is 19.8 Å². The Bertz CT molecular complexity index is 192. The Hall–Kier alpha value is -0.200. The van der Waals surface area contributed by atoms with Gasteiger partial charge in [0.15, 0.2) is 0 Å². The number of likely N-dealkylation sites (tertiary alicyclic amines) is 1. The van der Waals surface area contributed by atoms with E-state index >= 15 is 0 Å². The van der Waals surface area contributed by atoms with Crippen molar-refractivity contribution in [2.24, 2.45) is 5.73 Å². The molecule has 1 saturated heterocycles. The Morgan fingerprint density at radius 2 is 2.25 bits per heavy atom. The highest BCUT2D eigenvalue weighted by atomic mass is 16.5. The summed E-state index contributed by atoms with van der Waals surface area (Å²) in [5.41, 5.74) is 5.79. The highest BCUT2D eigenvalue weighted by Gasteiger charge is 2.21. The quantitative estimate of drug-likeness (QED) is 0.615. The van der Waals surface area contributed by atoms with Crippen molar-refractivity contribution >= 4 is 0 Å². The zero-order chi connectivity index (χ0) is 12.0. The van der Waals surface area contributed by atoms with Crippen molar-refractivity contribution in [3.63, 3.8) is 0 Å². The molecule has 0 radical (unpaired) electrons. The van der Waals surface area contributed by atoms with E-state index < -0.39 is 6.10 Å². The monoisotopic (exact) mass is 232 g/mol. The molecule has 1 fully saturated rings. The third kappa shape index (κ3) is 5.23. The average molecular weight is 232 g/mol. The predicted octanol–water partition coefficient (Wildman–Crippen LogP) is -0.568. The molecular formula is C11H24N2O3. The van der Waals surface area contributed by atoms with Crippen LogP contribution in [0.2, 0.25) is 0 Å². The Morgan fingerprint density at radius 1 is 1.50 bits per heavy atom. The van der Waals surface area contributed by atoms with E-state index in [4.69, 9.17) is 15.2 Å². The highest BCUT2D eigenvalue weighted by molar-refractivity contribution is 4.79. The molecule has 0 spiro atoms. The molecule has 1 aliphatic rings. The molecule has 0 bridgehead atoms. The van der Waals surface area contributed by atoms with Gasteiger partial charge in [-0.3, -0.25) is 4.90 Å². The summed E-state index contributed by atoms with van der Waals surface area (Å²) < 4.78 is 10.4. The maximum atomic E-state index is 9.76. The van der Waals surface area contributed by atoms with Crippen molar-refractivity contribution in [2.45, 2.75) is 31.6 Å². The number of nitrogens with zero attached hydrogens (tertiary/aromatic N) is 1. The Kier molecular flexibility index (Phi) is 6.23. The lowest BCUT2D eigenvalue weighted by Crippen LogP contribution is -2.36. The molecule has 0 aromatic heterocycles. The van der Waals surface area contributed by atoms with Gasteiger partial charge in [-0.15, -0.1) is 0 Å².